The number of hydrogen-bond acceptors (Lipinski definition) is 5. The Morgan fingerprint density at radius 3 is 2.85 bits per heavy atom. The molecule has 1 atom stereocenters. The van der Waals surface area contributed by atoms with Gasteiger partial charge in [-0.25, -0.2) is 0 Å². The molecule has 1 aliphatic heterocycles. The highest BCUT2D eigenvalue weighted by atomic mass is 32.1. The molecule has 1 aromatic heterocycles. The van der Waals surface area contributed by atoms with E-state index in [1.54, 1.807) is 19.1 Å². The van der Waals surface area contributed by atoms with Gasteiger partial charge in [0, 0.05) is 36.6 Å². The number of carbonyl (C=O) groups excluding carboxylic acids is 1. The molecule has 0 fully saturated rings. The molecule has 1 amide bonds. The average molecular weight is 375 g/mol. The molecule has 1 aliphatic rings. The predicted molar refractivity (Wildman–Crippen MR) is 104 cm³/mol. The van der Waals surface area contributed by atoms with Gasteiger partial charge in [-0.15, -0.1) is 11.3 Å². The van der Waals surface area contributed by atoms with Crippen molar-refractivity contribution in [1.29, 1.82) is 0 Å². The summed E-state index contributed by atoms with van der Waals surface area (Å²) in [6.07, 6.45) is 1.03. The third-order valence-corrected chi connectivity index (χ3v) is 6.06. The van der Waals surface area contributed by atoms with Crippen molar-refractivity contribution in [3.05, 3.63) is 45.6 Å². The lowest BCUT2D eigenvalue weighted by atomic mass is 10.0. The summed E-state index contributed by atoms with van der Waals surface area (Å²) in [5.41, 5.74) is 2.31. The Morgan fingerprint density at radius 2 is 2.12 bits per heavy atom. The maximum atomic E-state index is 12.8. The van der Waals surface area contributed by atoms with Crippen molar-refractivity contribution in [3.8, 4) is 11.5 Å². The van der Waals surface area contributed by atoms with Crippen LogP contribution in [0.3, 0.4) is 0 Å². The molecule has 140 valence electrons. The van der Waals surface area contributed by atoms with Gasteiger partial charge in [0.05, 0.1) is 20.8 Å². The highest BCUT2D eigenvalue weighted by Crippen LogP contribution is 2.33. The lowest BCUT2D eigenvalue weighted by Gasteiger charge is -2.34. The number of likely N-dealkylation sites (N-methyl/N-ethyl adjacent to an activating group) is 1. The Kier molecular flexibility index (Phi) is 5.84. The van der Waals surface area contributed by atoms with E-state index in [1.165, 1.54) is 10.4 Å². The molecule has 0 N–H and O–H groups in total. The summed E-state index contributed by atoms with van der Waals surface area (Å²) in [4.78, 5) is 18.3. The van der Waals surface area contributed by atoms with Crippen LogP contribution in [-0.2, 0) is 17.8 Å². The monoisotopic (exact) mass is 374 g/mol. The molecule has 0 spiro atoms. The first-order valence-corrected chi connectivity index (χ1v) is 9.67. The number of nitrogens with zero attached hydrogens (tertiary/aromatic N) is 2. The quantitative estimate of drug-likeness (QED) is 0.778. The number of thiophene rings is 1. The number of amides is 1. The number of ether oxygens (including phenoxy) is 2. The number of methoxy groups -OCH3 is 2. The molecule has 26 heavy (non-hydrogen) atoms. The smallest absolute Gasteiger partial charge is 0.236 e. The molecule has 0 saturated carbocycles. The van der Waals surface area contributed by atoms with Gasteiger partial charge in [-0.3, -0.25) is 9.69 Å². The Balaban J connectivity index is 1.66. The second kappa shape index (κ2) is 8.10. The standard InChI is InChI=1S/C20H26N2O3S/c1-14-16-9-11-26-18(16)8-10-22(14)13-19(23)21(2)12-15-6-5-7-17(24-3)20(15)25-4/h5-7,9,11,14H,8,10,12-13H2,1-4H3/t14-/m1/s1. The van der Waals surface area contributed by atoms with Crippen LogP contribution >= 0.6 is 11.3 Å². The topological polar surface area (TPSA) is 42.0 Å². The van der Waals surface area contributed by atoms with Crippen LogP contribution in [0.15, 0.2) is 29.6 Å². The van der Waals surface area contributed by atoms with Crippen LogP contribution in [0.25, 0.3) is 0 Å². The molecule has 0 aliphatic carbocycles. The molecule has 6 heteroatoms. The summed E-state index contributed by atoms with van der Waals surface area (Å²) in [6, 6.07) is 8.21. The number of carbonyl (C=O) groups is 1. The van der Waals surface area contributed by atoms with Crippen LogP contribution in [0, 0.1) is 0 Å². The van der Waals surface area contributed by atoms with E-state index in [2.05, 4.69) is 23.3 Å². The van der Waals surface area contributed by atoms with Crippen LogP contribution in [0.4, 0.5) is 0 Å². The van der Waals surface area contributed by atoms with Gasteiger partial charge in [0.15, 0.2) is 11.5 Å². The van der Waals surface area contributed by atoms with E-state index in [0.29, 0.717) is 24.6 Å². The highest BCUT2D eigenvalue weighted by molar-refractivity contribution is 7.10. The molecule has 0 bridgehead atoms. The number of rotatable bonds is 6. The second-order valence-corrected chi connectivity index (χ2v) is 7.60. The molecule has 0 saturated heterocycles. The van der Waals surface area contributed by atoms with Crippen molar-refractivity contribution < 1.29 is 14.3 Å². The van der Waals surface area contributed by atoms with Crippen molar-refractivity contribution in [2.24, 2.45) is 0 Å². The highest BCUT2D eigenvalue weighted by Gasteiger charge is 2.27. The zero-order valence-corrected chi connectivity index (χ0v) is 16.6. The zero-order valence-electron chi connectivity index (χ0n) is 15.8. The van der Waals surface area contributed by atoms with E-state index < -0.39 is 0 Å². The third kappa shape index (κ3) is 3.71. The van der Waals surface area contributed by atoms with E-state index in [0.717, 1.165) is 18.5 Å². The molecular formula is C20H26N2O3S. The molecule has 2 heterocycles. The number of para-hydroxylation sites is 1. The Hall–Kier alpha value is -2.05. The minimum atomic E-state index is 0.111. The largest absolute Gasteiger partial charge is 0.493 e. The van der Waals surface area contributed by atoms with Crippen LogP contribution in [0.5, 0.6) is 11.5 Å². The first-order chi connectivity index (χ1) is 12.5. The lowest BCUT2D eigenvalue weighted by Crippen LogP contribution is -2.42. The summed E-state index contributed by atoms with van der Waals surface area (Å²) in [7, 11) is 5.08. The second-order valence-electron chi connectivity index (χ2n) is 6.60. The first-order valence-electron chi connectivity index (χ1n) is 8.79. The first kappa shape index (κ1) is 18.7. The van der Waals surface area contributed by atoms with Crippen LogP contribution in [0.1, 0.15) is 29.0 Å². The Bertz CT molecular complexity index is 774. The zero-order chi connectivity index (χ0) is 18.7. The number of benzene rings is 1. The van der Waals surface area contributed by atoms with Crippen molar-refractivity contribution >= 4 is 17.2 Å². The average Bonchev–Trinajstić information content (AvgIpc) is 3.13. The van der Waals surface area contributed by atoms with Gasteiger partial charge in [0.25, 0.3) is 0 Å². The number of hydrogen-bond donors (Lipinski definition) is 0. The van der Waals surface area contributed by atoms with Gasteiger partial charge in [-0.05, 0) is 36.4 Å². The van der Waals surface area contributed by atoms with Crippen molar-refractivity contribution in [1.82, 2.24) is 9.80 Å². The molecule has 0 unspecified atom stereocenters. The summed E-state index contributed by atoms with van der Waals surface area (Å²) >= 11 is 1.82. The van der Waals surface area contributed by atoms with Crippen LogP contribution < -0.4 is 9.47 Å². The normalized spacial score (nSPS) is 16.8. The minimum absolute atomic E-state index is 0.111. The van der Waals surface area contributed by atoms with E-state index >= 15 is 0 Å². The SMILES string of the molecule is COc1cccc(CN(C)C(=O)CN2CCc3sccc3[C@H]2C)c1OC. The van der Waals surface area contributed by atoms with Gasteiger partial charge in [-0.1, -0.05) is 12.1 Å². The van der Waals surface area contributed by atoms with Crippen molar-refractivity contribution in [2.75, 3.05) is 34.4 Å². The van der Waals surface area contributed by atoms with Crippen LogP contribution in [-0.4, -0.2) is 50.1 Å². The fraction of sp³-hybridized carbons (Fsp3) is 0.450. The fourth-order valence-corrected chi connectivity index (χ4v) is 4.46. The number of fused-ring (bicyclic) bond motifs is 1. The summed E-state index contributed by atoms with van der Waals surface area (Å²) in [5.74, 6) is 1.48. The van der Waals surface area contributed by atoms with Gasteiger partial charge >= 0.3 is 0 Å². The maximum absolute atomic E-state index is 12.8. The molecular weight excluding hydrogens is 348 g/mol. The van der Waals surface area contributed by atoms with Gasteiger partial charge in [0.1, 0.15) is 0 Å². The molecule has 3 rings (SSSR count). The summed E-state index contributed by atoms with van der Waals surface area (Å²) < 4.78 is 10.8. The van der Waals surface area contributed by atoms with E-state index in [1.807, 2.05) is 36.6 Å². The van der Waals surface area contributed by atoms with E-state index in [9.17, 15) is 4.79 Å². The minimum Gasteiger partial charge on any atom is -0.493 e. The maximum Gasteiger partial charge on any atom is 0.236 e. The molecule has 0 radical (unpaired) electrons. The summed E-state index contributed by atoms with van der Waals surface area (Å²) in [6.45, 7) is 4.03. The Labute approximate surface area is 159 Å². The van der Waals surface area contributed by atoms with Crippen LogP contribution in [0.2, 0.25) is 0 Å². The predicted octanol–water partition coefficient (Wildman–Crippen LogP) is 3.34. The van der Waals surface area contributed by atoms with Gasteiger partial charge < -0.3 is 14.4 Å². The summed E-state index contributed by atoms with van der Waals surface area (Å²) in [5, 5.41) is 2.15. The third-order valence-electron chi connectivity index (χ3n) is 5.06. The molecule has 5 nitrogen and oxygen atoms in total. The van der Waals surface area contributed by atoms with Crippen molar-refractivity contribution in [3.63, 3.8) is 0 Å². The Morgan fingerprint density at radius 1 is 1.31 bits per heavy atom. The lowest BCUT2D eigenvalue weighted by molar-refractivity contribution is -0.132. The van der Waals surface area contributed by atoms with Gasteiger partial charge in [0.2, 0.25) is 5.91 Å². The van der Waals surface area contributed by atoms with Gasteiger partial charge in [-0.2, -0.15) is 0 Å². The van der Waals surface area contributed by atoms with E-state index in [4.69, 9.17) is 9.47 Å². The van der Waals surface area contributed by atoms with Crippen molar-refractivity contribution in [2.45, 2.75) is 25.9 Å². The molecule has 1 aromatic carbocycles. The molecule has 2 aromatic rings. The fourth-order valence-electron chi connectivity index (χ4n) is 3.49. The van der Waals surface area contributed by atoms with E-state index in [-0.39, 0.29) is 11.9 Å².